The van der Waals surface area contributed by atoms with Crippen molar-refractivity contribution >= 4 is 11.9 Å². The Bertz CT molecular complexity index is 798. The molecule has 0 atom stereocenters. The van der Waals surface area contributed by atoms with E-state index in [-0.39, 0.29) is 11.9 Å². The number of ether oxygens (including phenoxy) is 2. The van der Waals surface area contributed by atoms with Crippen LogP contribution in [0.15, 0.2) is 0 Å². The summed E-state index contributed by atoms with van der Waals surface area (Å²) in [5, 5.41) is 0. The third kappa shape index (κ3) is 63.0. The van der Waals surface area contributed by atoms with E-state index in [4.69, 9.17) is 9.47 Å². The highest BCUT2D eigenvalue weighted by molar-refractivity contribution is 5.69. The highest BCUT2D eigenvalue weighted by atomic mass is 16.5. The molecule has 4 nitrogen and oxygen atoms in total. The summed E-state index contributed by atoms with van der Waals surface area (Å²) in [6.45, 7) is 15.1. The molecule has 0 fully saturated rings. The number of esters is 2. The van der Waals surface area contributed by atoms with Crippen molar-refractivity contribution in [3.05, 3.63) is 0 Å². The van der Waals surface area contributed by atoms with Gasteiger partial charge in [-0.3, -0.25) is 9.59 Å². The monoisotopic (exact) mass is 905 g/mol. The molecule has 0 aliphatic rings. The number of carbonyl (C=O) groups is 2. The smallest absolute Gasteiger partial charge is 0.305 e. The summed E-state index contributed by atoms with van der Waals surface area (Å²) in [7, 11) is 0. The first-order valence-electron chi connectivity index (χ1n) is 29.6. The Morgan fingerprint density at radius 2 is 0.453 bits per heavy atom. The van der Waals surface area contributed by atoms with Gasteiger partial charge in [-0.1, -0.05) is 311 Å². The normalized spacial score (nSPS) is 11.4. The molecule has 0 N–H and O–H groups in total. The van der Waals surface area contributed by atoms with Gasteiger partial charge in [-0.05, 0) is 37.5 Å². The second-order valence-electron chi connectivity index (χ2n) is 21.2. The molecule has 0 saturated carbocycles. The predicted octanol–water partition coefficient (Wildman–Crippen LogP) is 21.1. The largest absolute Gasteiger partial charge is 0.466 e. The summed E-state index contributed by atoms with van der Waals surface area (Å²) < 4.78 is 10.8. The zero-order chi connectivity index (χ0) is 47.1. The molecular weight excluding hydrogens is 785 g/mol. The van der Waals surface area contributed by atoms with E-state index in [1.807, 2.05) is 0 Å². The maximum atomic E-state index is 11.8. The lowest BCUT2D eigenvalue weighted by Gasteiger charge is -2.06. The number of hydrogen-bond acceptors (Lipinski definition) is 4. The summed E-state index contributed by atoms with van der Waals surface area (Å²) >= 11 is 0. The van der Waals surface area contributed by atoms with Gasteiger partial charge in [-0.25, -0.2) is 0 Å². The summed E-state index contributed by atoms with van der Waals surface area (Å²) in [5.41, 5.74) is 0. The molecule has 0 spiro atoms. The molecule has 0 aromatic heterocycles. The SMILES string of the molecule is CCCCCCCCCCCC(=O)OCCCCCCCCCCCCCCCC(C)C.CCCCCCCCCCCC(=O)OCCCCCCCCCCCCCCCC(C)C. The number of rotatable bonds is 52. The highest BCUT2D eigenvalue weighted by Gasteiger charge is 2.05. The van der Waals surface area contributed by atoms with Crippen molar-refractivity contribution in [3.8, 4) is 0 Å². The maximum absolute atomic E-state index is 11.8. The second kappa shape index (κ2) is 58.1. The van der Waals surface area contributed by atoms with Crippen LogP contribution in [0.2, 0.25) is 0 Å². The average molecular weight is 906 g/mol. The summed E-state index contributed by atoms with van der Waals surface area (Å²) in [6.07, 6.45) is 62.7. The molecule has 0 aliphatic heterocycles. The third-order valence-corrected chi connectivity index (χ3v) is 13.3. The van der Waals surface area contributed by atoms with E-state index in [1.54, 1.807) is 0 Å². The molecule has 0 aromatic rings. The Morgan fingerprint density at radius 3 is 0.672 bits per heavy atom. The van der Waals surface area contributed by atoms with E-state index >= 15 is 0 Å². The summed E-state index contributed by atoms with van der Waals surface area (Å²) in [5.74, 6) is 1.79. The van der Waals surface area contributed by atoms with Crippen LogP contribution in [0.5, 0.6) is 0 Å². The van der Waals surface area contributed by atoms with Crippen LogP contribution < -0.4 is 0 Å². The molecule has 4 heteroatoms. The van der Waals surface area contributed by atoms with Crippen LogP contribution in [0, 0.1) is 11.8 Å². The van der Waals surface area contributed by atoms with Crippen molar-refractivity contribution in [2.75, 3.05) is 13.2 Å². The Hall–Kier alpha value is -1.06. The maximum Gasteiger partial charge on any atom is 0.305 e. The van der Waals surface area contributed by atoms with E-state index in [9.17, 15) is 9.59 Å². The summed E-state index contributed by atoms with van der Waals surface area (Å²) in [6, 6.07) is 0. The molecular formula is C60H120O4. The molecule has 0 aromatic carbocycles. The molecule has 384 valence electrons. The fourth-order valence-electron chi connectivity index (χ4n) is 8.87. The van der Waals surface area contributed by atoms with Crippen molar-refractivity contribution in [1.82, 2.24) is 0 Å². The number of carbonyl (C=O) groups excluding carboxylic acids is 2. The Kier molecular flexibility index (Phi) is 59.0. The van der Waals surface area contributed by atoms with Gasteiger partial charge in [0.15, 0.2) is 0 Å². The number of unbranched alkanes of at least 4 members (excludes halogenated alkanes) is 40. The van der Waals surface area contributed by atoms with Gasteiger partial charge in [0, 0.05) is 12.8 Å². The minimum atomic E-state index is 0.0212. The molecule has 0 saturated heterocycles. The second-order valence-corrected chi connectivity index (χ2v) is 21.2. The molecule has 64 heavy (non-hydrogen) atoms. The molecule has 0 amide bonds. The predicted molar refractivity (Wildman–Crippen MR) is 285 cm³/mol. The van der Waals surface area contributed by atoms with Gasteiger partial charge < -0.3 is 9.47 Å². The van der Waals surface area contributed by atoms with E-state index < -0.39 is 0 Å². The van der Waals surface area contributed by atoms with Crippen LogP contribution in [0.4, 0.5) is 0 Å². The Morgan fingerprint density at radius 1 is 0.266 bits per heavy atom. The highest BCUT2D eigenvalue weighted by Crippen LogP contribution is 2.17. The minimum absolute atomic E-state index is 0.0212. The van der Waals surface area contributed by atoms with Gasteiger partial charge in [0.1, 0.15) is 0 Å². The Labute approximate surface area is 404 Å². The van der Waals surface area contributed by atoms with E-state index in [0.29, 0.717) is 26.1 Å². The van der Waals surface area contributed by atoms with Crippen LogP contribution in [-0.2, 0) is 19.1 Å². The lowest BCUT2D eigenvalue weighted by Crippen LogP contribution is -2.05. The van der Waals surface area contributed by atoms with Crippen LogP contribution >= 0.6 is 0 Å². The van der Waals surface area contributed by atoms with Gasteiger partial charge in [0.2, 0.25) is 0 Å². The zero-order valence-electron chi connectivity index (χ0n) is 45.1. The molecule has 0 rings (SSSR count). The first kappa shape index (κ1) is 65.0. The van der Waals surface area contributed by atoms with Gasteiger partial charge >= 0.3 is 11.9 Å². The molecule has 0 unspecified atom stereocenters. The first-order valence-corrected chi connectivity index (χ1v) is 29.6. The van der Waals surface area contributed by atoms with Crippen LogP contribution in [0.1, 0.15) is 350 Å². The molecule has 0 bridgehead atoms. The number of hydrogen-bond donors (Lipinski definition) is 0. The molecule has 0 radical (unpaired) electrons. The lowest BCUT2D eigenvalue weighted by atomic mass is 10.0. The standard InChI is InChI=1S/2C30H60O2/c2*1-4-5-6-7-8-14-18-21-24-27-30(31)32-28-25-22-19-16-13-11-9-10-12-15-17-20-23-26-29(2)3/h2*29H,4-28H2,1-3H3. The van der Waals surface area contributed by atoms with Gasteiger partial charge in [0.25, 0.3) is 0 Å². The topological polar surface area (TPSA) is 52.6 Å². The lowest BCUT2D eigenvalue weighted by molar-refractivity contribution is -0.144. The van der Waals surface area contributed by atoms with Crippen molar-refractivity contribution in [2.24, 2.45) is 11.8 Å². The zero-order valence-corrected chi connectivity index (χ0v) is 45.1. The minimum Gasteiger partial charge on any atom is -0.466 e. The fourth-order valence-corrected chi connectivity index (χ4v) is 8.87. The molecule has 0 heterocycles. The van der Waals surface area contributed by atoms with Gasteiger partial charge in [-0.2, -0.15) is 0 Å². The van der Waals surface area contributed by atoms with Crippen LogP contribution in [-0.4, -0.2) is 25.2 Å². The van der Waals surface area contributed by atoms with Crippen molar-refractivity contribution < 1.29 is 19.1 Å². The van der Waals surface area contributed by atoms with Crippen molar-refractivity contribution in [2.45, 2.75) is 350 Å². The third-order valence-electron chi connectivity index (χ3n) is 13.3. The van der Waals surface area contributed by atoms with E-state index in [2.05, 4.69) is 41.5 Å². The molecule has 0 aliphatic carbocycles. The van der Waals surface area contributed by atoms with E-state index in [0.717, 1.165) is 37.5 Å². The fraction of sp³-hybridized carbons (Fsp3) is 0.967. The van der Waals surface area contributed by atoms with Crippen molar-refractivity contribution in [3.63, 3.8) is 0 Å². The van der Waals surface area contributed by atoms with Gasteiger partial charge in [0.05, 0.1) is 13.2 Å². The Balaban J connectivity index is 0. The van der Waals surface area contributed by atoms with Crippen LogP contribution in [0.3, 0.4) is 0 Å². The first-order chi connectivity index (χ1) is 31.3. The summed E-state index contributed by atoms with van der Waals surface area (Å²) in [4.78, 5) is 23.6. The average Bonchev–Trinajstić information content (AvgIpc) is 3.27. The van der Waals surface area contributed by atoms with Gasteiger partial charge in [-0.15, -0.1) is 0 Å². The van der Waals surface area contributed by atoms with E-state index in [1.165, 1.54) is 270 Å². The van der Waals surface area contributed by atoms with Crippen LogP contribution in [0.25, 0.3) is 0 Å². The quantitative estimate of drug-likeness (QED) is 0.0451. The van der Waals surface area contributed by atoms with Crippen molar-refractivity contribution in [1.29, 1.82) is 0 Å².